The van der Waals surface area contributed by atoms with Gasteiger partial charge >= 0.3 is 0 Å². The Morgan fingerprint density at radius 3 is 2.42 bits per heavy atom. The molecule has 0 aromatic heterocycles. The van der Waals surface area contributed by atoms with Gasteiger partial charge in [0.15, 0.2) is 0 Å². The predicted octanol–water partition coefficient (Wildman–Crippen LogP) is 4.31. The average molecular weight is 379 g/mol. The lowest BCUT2D eigenvalue weighted by Crippen LogP contribution is -2.40. The van der Waals surface area contributed by atoms with Gasteiger partial charge < -0.3 is 10.2 Å². The predicted molar refractivity (Wildman–Crippen MR) is 111 cm³/mol. The van der Waals surface area contributed by atoms with Crippen LogP contribution in [0, 0.1) is 17.8 Å². The molecule has 0 saturated carbocycles. The Balaban J connectivity index is 0.00000243. The summed E-state index contributed by atoms with van der Waals surface area (Å²) in [6.45, 7) is 6.46. The van der Waals surface area contributed by atoms with Crippen LogP contribution >= 0.6 is 12.4 Å². The van der Waals surface area contributed by atoms with Crippen LogP contribution in [0.3, 0.4) is 0 Å². The molecule has 1 aromatic rings. The summed E-state index contributed by atoms with van der Waals surface area (Å²) in [6.07, 6.45) is 8.01. The number of amides is 1. The Morgan fingerprint density at radius 2 is 1.77 bits per heavy atom. The largest absolute Gasteiger partial charge is 0.343 e. The highest BCUT2D eigenvalue weighted by Crippen LogP contribution is 2.27. The molecular formula is C22H35ClN2O. The van der Waals surface area contributed by atoms with E-state index >= 15 is 0 Å². The van der Waals surface area contributed by atoms with Crippen LogP contribution in [-0.4, -0.2) is 37.0 Å². The number of hydrogen-bond acceptors (Lipinski definition) is 2. The van der Waals surface area contributed by atoms with Crippen LogP contribution in [-0.2, 0) is 11.2 Å². The maximum Gasteiger partial charge on any atom is 0.222 e. The molecule has 3 rings (SSSR count). The highest BCUT2D eigenvalue weighted by Gasteiger charge is 2.27. The van der Waals surface area contributed by atoms with E-state index in [0.717, 1.165) is 44.4 Å². The third kappa shape index (κ3) is 6.28. The van der Waals surface area contributed by atoms with Crippen LogP contribution in [0.15, 0.2) is 30.3 Å². The first-order valence-corrected chi connectivity index (χ1v) is 10.2. The average Bonchev–Trinajstić information content (AvgIpc) is 2.68. The fourth-order valence-corrected chi connectivity index (χ4v) is 4.47. The van der Waals surface area contributed by atoms with Gasteiger partial charge in [-0.05, 0) is 74.9 Å². The van der Waals surface area contributed by atoms with Gasteiger partial charge in [0.2, 0.25) is 5.91 Å². The van der Waals surface area contributed by atoms with E-state index in [1.54, 1.807) is 0 Å². The van der Waals surface area contributed by atoms with Crippen molar-refractivity contribution in [2.75, 3.05) is 26.2 Å². The lowest BCUT2D eigenvalue weighted by atomic mass is 9.83. The van der Waals surface area contributed by atoms with Gasteiger partial charge in [0, 0.05) is 19.5 Å². The number of nitrogens with zero attached hydrogens (tertiary/aromatic N) is 1. The zero-order valence-corrected chi connectivity index (χ0v) is 17.0. The maximum atomic E-state index is 12.6. The number of aryl methyl sites for hydroxylation is 1. The van der Waals surface area contributed by atoms with Gasteiger partial charge in [0.1, 0.15) is 0 Å². The Labute approximate surface area is 165 Å². The van der Waals surface area contributed by atoms with Gasteiger partial charge in [0.25, 0.3) is 0 Å². The van der Waals surface area contributed by atoms with Crippen molar-refractivity contribution in [2.24, 2.45) is 17.8 Å². The molecule has 2 aliphatic rings. The monoisotopic (exact) mass is 378 g/mol. The van der Waals surface area contributed by atoms with Crippen LogP contribution in [0.25, 0.3) is 0 Å². The van der Waals surface area contributed by atoms with Crippen molar-refractivity contribution >= 4 is 18.3 Å². The molecule has 0 aliphatic carbocycles. The number of halogens is 1. The van der Waals surface area contributed by atoms with E-state index in [-0.39, 0.29) is 12.4 Å². The molecule has 2 fully saturated rings. The number of nitrogens with one attached hydrogen (secondary N) is 1. The summed E-state index contributed by atoms with van der Waals surface area (Å²) >= 11 is 0. The van der Waals surface area contributed by atoms with Crippen molar-refractivity contribution in [3.63, 3.8) is 0 Å². The number of likely N-dealkylation sites (tertiary alicyclic amines) is 1. The van der Waals surface area contributed by atoms with Crippen LogP contribution in [0.5, 0.6) is 0 Å². The first-order chi connectivity index (χ1) is 12.2. The minimum Gasteiger partial charge on any atom is -0.343 e. The van der Waals surface area contributed by atoms with Crippen LogP contribution in [0.2, 0.25) is 0 Å². The SMILES string of the molecule is CC(CC(=O)N1CCC(CCc2ccccc2)CC1)C1CCNCC1.Cl. The zero-order valence-electron chi connectivity index (χ0n) is 16.2. The minimum absolute atomic E-state index is 0. The second-order valence-electron chi connectivity index (χ2n) is 8.12. The van der Waals surface area contributed by atoms with E-state index in [9.17, 15) is 4.79 Å². The standard InChI is InChI=1S/C22H34N2O.ClH/c1-18(21-9-13-23-14-10-21)17-22(25)24-15-11-20(12-16-24)8-7-19-5-3-2-4-6-19;/h2-6,18,20-21,23H,7-17H2,1H3;1H. The number of piperidine rings is 2. The van der Waals surface area contributed by atoms with Crippen molar-refractivity contribution in [2.45, 2.75) is 51.9 Å². The number of hydrogen-bond donors (Lipinski definition) is 1. The van der Waals surface area contributed by atoms with Crippen molar-refractivity contribution in [3.8, 4) is 0 Å². The summed E-state index contributed by atoms with van der Waals surface area (Å²) in [6, 6.07) is 10.8. The third-order valence-electron chi connectivity index (χ3n) is 6.34. The molecule has 0 radical (unpaired) electrons. The molecule has 4 heteroatoms. The first kappa shape index (κ1) is 21.2. The highest BCUT2D eigenvalue weighted by molar-refractivity contribution is 5.85. The van der Waals surface area contributed by atoms with Gasteiger partial charge in [-0.25, -0.2) is 0 Å². The third-order valence-corrected chi connectivity index (χ3v) is 6.34. The summed E-state index contributed by atoms with van der Waals surface area (Å²) in [4.78, 5) is 14.8. The highest BCUT2D eigenvalue weighted by atomic mass is 35.5. The Kier molecular flexibility index (Phi) is 8.94. The topological polar surface area (TPSA) is 32.3 Å². The van der Waals surface area contributed by atoms with Gasteiger partial charge in [-0.15, -0.1) is 12.4 Å². The summed E-state index contributed by atoms with van der Waals surface area (Å²) in [5.41, 5.74) is 1.44. The summed E-state index contributed by atoms with van der Waals surface area (Å²) in [7, 11) is 0. The second-order valence-corrected chi connectivity index (χ2v) is 8.12. The molecular weight excluding hydrogens is 344 g/mol. The summed E-state index contributed by atoms with van der Waals surface area (Å²) in [5, 5.41) is 3.42. The molecule has 1 aromatic carbocycles. The quantitative estimate of drug-likeness (QED) is 0.800. The van der Waals surface area contributed by atoms with Gasteiger partial charge in [-0.1, -0.05) is 37.3 Å². The maximum absolute atomic E-state index is 12.6. The molecule has 3 nitrogen and oxygen atoms in total. The Bertz CT molecular complexity index is 522. The lowest BCUT2D eigenvalue weighted by Gasteiger charge is -2.34. The fraction of sp³-hybridized carbons (Fsp3) is 0.682. The van der Waals surface area contributed by atoms with Crippen molar-refractivity contribution in [1.82, 2.24) is 10.2 Å². The molecule has 1 N–H and O–H groups in total. The van der Waals surface area contributed by atoms with E-state index in [2.05, 4.69) is 47.5 Å². The number of benzene rings is 1. The van der Waals surface area contributed by atoms with Crippen LogP contribution < -0.4 is 5.32 Å². The van der Waals surface area contributed by atoms with Crippen LogP contribution in [0.1, 0.15) is 51.0 Å². The molecule has 146 valence electrons. The lowest BCUT2D eigenvalue weighted by molar-refractivity contribution is -0.134. The van der Waals surface area contributed by atoms with Crippen molar-refractivity contribution in [1.29, 1.82) is 0 Å². The van der Waals surface area contributed by atoms with E-state index < -0.39 is 0 Å². The normalized spacial score (nSPS) is 20.4. The molecule has 2 aliphatic heterocycles. The number of rotatable bonds is 6. The Hall–Kier alpha value is -1.06. The fourth-order valence-electron chi connectivity index (χ4n) is 4.47. The summed E-state index contributed by atoms with van der Waals surface area (Å²) in [5.74, 6) is 2.44. The van der Waals surface area contributed by atoms with E-state index in [1.165, 1.54) is 44.1 Å². The molecule has 0 spiro atoms. The molecule has 1 amide bonds. The van der Waals surface area contributed by atoms with E-state index in [4.69, 9.17) is 0 Å². The Morgan fingerprint density at radius 1 is 1.12 bits per heavy atom. The van der Waals surface area contributed by atoms with Gasteiger partial charge in [-0.2, -0.15) is 0 Å². The van der Waals surface area contributed by atoms with Crippen molar-refractivity contribution < 1.29 is 4.79 Å². The molecule has 26 heavy (non-hydrogen) atoms. The molecule has 2 saturated heterocycles. The minimum atomic E-state index is 0. The van der Waals surface area contributed by atoms with E-state index in [0.29, 0.717) is 11.8 Å². The number of carbonyl (C=O) groups is 1. The molecule has 0 bridgehead atoms. The molecule has 1 atom stereocenters. The first-order valence-electron chi connectivity index (χ1n) is 10.2. The molecule has 1 unspecified atom stereocenters. The second kappa shape index (κ2) is 10.9. The van der Waals surface area contributed by atoms with Gasteiger partial charge in [0.05, 0.1) is 0 Å². The summed E-state index contributed by atoms with van der Waals surface area (Å²) < 4.78 is 0. The zero-order chi connectivity index (χ0) is 17.5. The molecule has 2 heterocycles. The number of carbonyl (C=O) groups excluding carboxylic acids is 1. The smallest absolute Gasteiger partial charge is 0.222 e. The van der Waals surface area contributed by atoms with Crippen molar-refractivity contribution in [3.05, 3.63) is 35.9 Å². The van der Waals surface area contributed by atoms with E-state index in [1.807, 2.05) is 0 Å². The van der Waals surface area contributed by atoms with Crippen LogP contribution in [0.4, 0.5) is 0 Å². The van der Waals surface area contributed by atoms with Gasteiger partial charge in [-0.3, -0.25) is 4.79 Å².